The first-order chi connectivity index (χ1) is 14.0. The van der Waals surface area contributed by atoms with Crippen LogP contribution in [0.25, 0.3) is 0 Å². The Labute approximate surface area is 170 Å². The highest BCUT2D eigenvalue weighted by molar-refractivity contribution is 6.07. The molecule has 0 unspecified atom stereocenters. The Morgan fingerprint density at radius 3 is 2.52 bits per heavy atom. The average Bonchev–Trinajstić information content (AvgIpc) is 2.74. The number of piperazine rings is 1. The van der Waals surface area contributed by atoms with Crippen molar-refractivity contribution in [3.05, 3.63) is 47.4 Å². The van der Waals surface area contributed by atoms with Gasteiger partial charge in [0.25, 0.3) is 5.91 Å². The van der Waals surface area contributed by atoms with Crippen molar-refractivity contribution in [3.8, 4) is 0 Å². The van der Waals surface area contributed by atoms with Crippen LogP contribution in [0.5, 0.6) is 0 Å². The van der Waals surface area contributed by atoms with Gasteiger partial charge in [0, 0.05) is 32.2 Å². The number of hydrogen-bond donors (Lipinski definition) is 1. The molecule has 0 aliphatic carbocycles. The molecule has 29 heavy (non-hydrogen) atoms. The van der Waals surface area contributed by atoms with Crippen molar-refractivity contribution in [1.29, 1.82) is 0 Å². The summed E-state index contributed by atoms with van der Waals surface area (Å²) in [6.45, 7) is 10.6. The van der Waals surface area contributed by atoms with E-state index in [1.807, 2.05) is 0 Å². The van der Waals surface area contributed by atoms with Crippen LogP contribution in [0.4, 0.5) is 11.5 Å². The van der Waals surface area contributed by atoms with Gasteiger partial charge in [0.15, 0.2) is 0 Å². The summed E-state index contributed by atoms with van der Waals surface area (Å²) in [6, 6.07) is 8.48. The monoisotopic (exact) mass is 397 g/mol. The number of ether oxygens (including phenoxy) is 1. The van der Waals surface area contributed by atoms with Crippen LogP contribution in [0.3, 0.4) is 0 Å². The zero-order chi connectivity index (χ0) is 20.8. The zero-order valence-electron chi connectivity index (χ0n) is 17.1. The van der Waals surface area contributed by atoms with E-state index in [1.54, 1.807) is 44.2 Å². The molecule has 154 valence electrons. The summed E-state index contributed by atoms with van der Waals surface area (Å²) in [6.07, 6.45) is 0. The van der Waals surface area contributed by atoms with Crippen molar-refractivity contribution in [2.24, 2.45) is 0 Å². The molecule has 0 bridgehead atoms. The molecule has 1 aliphatic rings. The Morgan fingerprint density at radius 1 is 1.10 bits per heavy atom. The molecule has 1 saturated heterocycles. The number of rotatable bonds is 6. The van der Waals surface area contributed by atoms with E-state index in [2.05, 4.69) is 32.0 Å². The number of nitrogens with one attached hydrogen (secondary N) is 1. The Bertz CT molecular complexity index is 878. The first-order valence-electron chi connectivity index (χ1n) is 9.92. The number of aryl methyl sites for hydroxylation is 1. The van der Waals surface area contributed by atoms with E-state index in [0.717, 1.165) is 38.5 Å². The van der Waals surface area contributed by atoms with Crippen molar-refractivity contribution in [1.82, 2.24) is 14.9 Å². The molecule has 1 aromatic carbocycles. The molecule has 1 fully saturated rings. The van der Waals surface area contributed by atoms with Gasteiger partial charge in [0.1, 0.15) is 17.3 Å². The van der Waals surface area contributed by atoms with Crippen LogP contribution in [0.15, 0.2) is 30.3 Å². The number of para-hydroxylation sites is 1. The maximum absolute atomic E-state index is 12.9. The van der Waals surface area contributed by atoms with Gasteiger partial charge in [0.05, 0.1) is 17.9 Å². The number of esters is 1. The summed E-state index contributed by atoms with van der Waals surface area (Å²) in [5.41, 5.74) is 0.971. The predicted octanol–water partition coefficient (Wildman–Crippen LogP) is 2.36. The normalized spacial score (nSPS) is 14.5. The molecule has 0 spiro atoms. The topological polar surface area (TPSA) is 87.7 Å². The van der Waals surface area contributed by atoms with Crippen LogP contribution in [0.1, 0.15) is 40.5 Å². The van der Waals surface area contributed by atoms with Crippen molar-refractivity contribution >= 4 is 23.4 Å². The van der Waals surface area contributed by atoms with Crippen LogP contribution >= 0.6 is 0 Å². The Hall–Kier alpha value is -3.00. The lowest BCUT2D eigenvalue weighted by Gasteiger charge is -2.34. The minimum atomic E-state index is -0.475. The maximum atomic E-state index is 12.9. The standard InChI is InChI=1S/C21H27N5O3/c1-4-25-10-12-26(13-11-25)19-14-18(22-15(3)23-19)20(27)24-17-9-7-6-8-16(17)21(28)29-5-2/h6-9,14H,4-5,10-13H2,1-3H3,(H,24,27). The van der Waals surface area contributed by atoms with Gasteiger partial charge < -0.3 is 19.9 Å². The lowest BCUT2D eigenvalue weighted by Crippen LogP contribution is -2.46. The van der Waals surface area contributed by atoms with Gasteiger partial charge in [-0.2, -0.15) is 0 Å². The highest BCUT2D eigenvalue weighted by Crippen LogP contribution is 2.19. The largest absolute Gasteiger partial charge is 0.462 e. The summed E-state index contributed by atoms with van der Waals surface area (Å²) in [5.74, 6) is 0.416. The second kappa shape index (κ2) is 9.47. The number of aromatic nitrogens is 2. The van der Waals surface area contributed by atoms with Gasteiger partial charge >= 0.3 is 5.97 Å². The number of hydrogen-bond acceptors (Lipinski definition) is 7. The lowest BCUT2D eigenvalue weighted by molar-refractivity contribution is 0.0527. The number of carbonyl (C=O) groups is 2. The van der Waals surface area contributed by atoms with Crippen molar-refractivity contribution in [2.45, 2.75) is 20.8 Å². The average molecular weight is 397 g/mol. The molecule has 0 radical (unpaired) electrons. The van der Waals surface area contributed by atoms with Crippen molar-refractivity contribution in [3.63, 3.8) is 0 Å². The Balaban J connectivity index is 1.79. The van der Waals surface area contributed by atoms with Gasteiger partial charge in [-0.3, -0.25) is 4.79 Å². The summed E-state index contributed by atoms with van der Waals surface area (Å²) in [5, 5.41) is 2.78. The molecule has 8 nitrogen and oxygen atoms in total. The van der Waals surface area contributed by atoms with E-state index in [-0.39, 0.29) is 18.2 Å². The summed E-state index contributed by atoms with van der Waals surface area (Å²) in [4.78, 5) is 38.3. The van der Waals surface area contributed by atoms with Gasteiger partial charge in [-0.05, 0) is 32.5 Å². The first kappa shape index (κ1) is 20.7. The third-order valence-corrected chi connectivity index (χ3v) is 4.87. The van der Waals surface area contributed by atoms with E-state index in [4.69, 9.17) is 4.74 Å². The van der Waals surface area contributed by atoms with Gasteiger partial charge in [-0.25, -0.2) is 14.8 Å². The molecule has 1 aromatic heterocycles. The molecule has 2 aromatic rings. The van der Waals surface area contributed by atoms with Crippen LogP contribution in [-0.4, -0.2) is 66.1 Å². The van der Waals surface area contributed by atoms with Crippen molar-refractivity contribution < 1.29 is 14.3 Å². The molecule has 1 N–H and O–H groups in total. The van der Waals surface area contributed by atoms with E-state index in [1.165, 1.54) is 0 Å². The number of likely N-dealkylation sites (N-methyl/N-ethyl adjacent to an activating group) is 1. The van der Waals surface area contributed by atoms with Gasteiger partial charge in [-0.1, -0.05) is 19.1 Å². The third-order valence-electron chi connectivity index (χ3n) is 4.87. The molecule has 0 atom stereocenters. The maximum Gasteiger partial charge on any atom is 0.340 e. The summed E-state index contributed by atoms with van der Waals surface area (Å²) >= 11 is 0. The quantitative estimate of drug-likeness (QED) is 0.749. The van der Waals surface area contributed by atoms with E-state index in [9.17, 15) is 9.59 Å². The number of carbonyl (C=O) groups excluding carboxylic acids is 2. The summed E-state index contributed by atoms with van der Waals surface area (Å²) < 4.78 is 5.06. The molecule has 2 heterocycles. The van der Waals surface area contributed by atoms with E-state index < -0.39 is 5.97 Å². The fourth-order valence-corrected chi connectivity index (χ4v) is 3.29. The van der Waals surface area contributed by atoms with Gasteiger partial charge in [0.2, 0.25) is 0 Å². The summed E-state index contributed by atoms with van der Waals surface area (Å²) in [7, 11) is 0. The number of amides is 1. The number of anilines is 2. The second-order valence-electron chi connectivity index (χ2n) is 6.80. The van der Waals surface area contributed by atoms with E-state index >= 15 is 0 Å². The molecule has 0 saturated carbocycles. The minimum Gasteiger partial charge on any atom is -0.462 e. The molecular formula is C21H27N5O3. The first-order valence-corrected chi connectivity index (χ1v) is 9.92. The van der Waals surface area contributed by atoms with Crippen LogP contribution < -0.4 is 10.2 Å². The fraction of sp³-hybridized carbons (Fsp3) is 0.429. The fourth-order valence-electron chi connectivity index (χ4n) is 3.29. The smallest absolute Gasteiger partial charge is 0.340 e. The molecule has 3 rings (SSSR count). The molecular weight excluding hydrogens is 370 g/mol. The van der Waals surface area contributed by atoms with Crippen LogP contribution in [0, 0.1) is 6.92 Å². The van der Waals surface area contributed by atoms with Crippen molar-refractivity contribution in [2.75, 3.05) is 49.5 Å². The van der Waals surface area contributed by atoms with Crippen LogP contribution in [0.2, 0.25) is 0 Å². The van der Waals surface area contributed by atoms with Crippen LogP contribution in [-0.2, 0) is 4.74 Å². The van der Waals surface area contributed by atoms with E-state index in [0.29, 0.717) is 17.1 Å². The third kappa shape index (κ3) is 5.08. The highest BCUT2D eigenvalue weighted by atomic mass is 16.5. The Morgan fingerprint density at radius 2 is 1.83 bits per heavy atom. The molecule has 1 amide bonds. The number of nitrogens with zero attached hydrogens (tertiary/aromatic N) is 4. The Kier molecular flexibility index (Phi) is 6.77. The lowest BCUT2D eigenvalue weighted by atomic mass is 10.1. The van der Waals surface area contributed by atoms with Gasteiger partial charge in [-0.15, -0.1) is 0 Å². The SMILES string of the molecule is CCOC(=O)c1ccccc1NC(=O)c1cc(N2CCN(CC)CC2)nc(C)n1. The molecule has 1 aliphatic heterocycles. The highest BCUT2D eigenvalue weighted by Gasteiger charge is 2.20. The minimum absolute atomic E-state index is 0.265. The number of benzene rings is 1. The molecule has 8 heteroatoms. The zero-order valence-corrected chi connectivity index (χ0v) is 17.1. The second-order valence-corrected chi connectivity index (χ2v) is 6.80. The predicted molar refractivity (Wildman–Crippen MR) is 111 cm³/mol.